The lowest BCUT2D eigenvalue weighted by Gasteiger charge is -2.34. The van der Waals surface area contributed by atoms with Gasteiger partial charge in [0.15, 0.2) is 0 Å². The van der Waals surface area contributed by atoms with Gasteiger partial charge in [-0.2, -0.15) is 0 Å². The second-order valence-electron chi connectivity index (χ2n) is 10.5. The highest BCUT2D eigenvalue weighted by molar-refractivity contribution is 6.07. The van der Waals surface area contributed by atoms with Crippen molar-refractivity contribution in [1.29, 1.82) is 0 Å². The van der Waals surface area contributed by atoms with Crippen molar-refractivity contribution in [2.24, 2.45) is 5.92 Å². The van der Waals surface area contributed by atoms with E-state index in [0.717, 1.165) is 5.56 Å². The molecular formula is C29H33N5O4. The van der Waals surface area contributed by atoms with E-state index in [0.29, 0.717) is 17.7 Å². The smallest absolute Gasteiger partial charge is 0.302 e. The number of amides is 4. The van der Waals surface area contributed by atoms with Gasteiger partial charge in [-0.05, 0) is 29.5 Å². The number of hydrogen-bond donors (Lipinski definition) is 2. The Labute approximate surface area is 223 Å². The molecule has 198 valence electrons. The third-order valence-corrected chi connectivity index (χ3v) is 7.41. The predicted octanol–water partition coefficient (Wildman–Crippen LogP) is 3.10. The Hall–Kier alpha value is -4.19. The molecule has 4 amide bonds. The molecule has 0 aromatic heterocycles. The summed E-state index contributed by atoms with van der Waals surface area (Å²) in [5.74, 6) is -1.33. The summed E-state index contributed by atoms with van der Waals surface area (Å²) in [6.07, 6.45) is -0.284. The molecule has 1 spiro atoms. The summed E-state index contributed by atoms with van der Waals surface area (Å²) in [7, 11) is 1.56. The minimum absolute atomic E-state index is 0.0617. The van der Waals surface area contributed by atoms with E-state index >= 15 is 0 Å². The summed E-state index contributed by atoms with van der Waals surface area (Å²) < 4.78 is 0. The summed E-state index contributed by atoms with van der Waals surface area (Å²) in [4.78, 5) is 59.6. The number of benzene rings is 2. The van der Waals surface area contributed by atoms with Crippen LogP contribution in [0.5, 0.6) is 0 Å². The van der Waals surface area contributed by atoms with Gasteiger partial charge in [0.05, 0.1) is 6.42 Å². The Balaban J connectivity index is 1.66. The second-order valence-corrected chi connectivity index (χ2v) is 10.5. The third-order valence-electron chi connectivity index (χ3n) is 7.41. The van der Waals surface area contributed by atoms with Gasteiger partial charge in [0.25, 0.3) is 5.91 Å². The van der Waals surface area contributed by atoms with Crippen LogP contribution < -0.4 is 10.6 Å². The first-order valence-corrected chi connectivity index (χ1v) is 12.8. The van der Waals surface area contributed by atoms with Crippen molar-refractivity contribution < 1.29 is 19.2 Å². The SMILES string of the molecule is [C-]#[N+][C@@H]1C[C@@]2(CN1C(=O)[C@H](CC(C)C)N(C)C(=O)[C@@H](NC(C)=O)c1ccccc1)C(=O)Nc1ccccc12. The first-order chi connectivity index (χ1) is 18.1. The van der Waals surface area contributed by atoms with Crippen molar-refractivity contribution in [1.82, 2.24) is 15.1 Å². The van der Waals surface area contributed by atoms with Crippen LogP contribution in [0.3, 0.4) is 0 Å². The molecule has 2 aliphatic heterocycles. The van der Waals surface area contributed by atoms with E-state index in [1.807, 2.05) is 44.2 Å². The number of likely N-dealkylation sites (tertiary alicyclic amines) is 1. The van der Waals surface area contributed by atoms with Crippen molar-refractivity contribution >= 4 is 29.3 Å². The number of nitrogens with one attached hydrogen (secondary N) is 2. The average molecular weight is 516 g/mol. The highest BCUT2D eigenvalue weighted by Gasteiger charge is 2.59. The largest absolute Gasteiger partial charge is 0.341 e. The van der Waals surface area contributed by atoms with Gasteiger partial charge >= 0.3 is 6.17 Å². The highest BCUT2D eigenvalue weighted by atomic mass is 16.2. The lowest BCUT2D eigenvalue weighted by molar-refractivity contribution is -0.147. The Bertz CT molecular complexity index is 1290. The zero-order valence-corrected chi connectivity index (χ0v) is 22.1. The topological polar surface area (TPSA) is 103 Å². The number of fused-ring (bicyclic) bond motifs is 2. The molecule has 4 atom stereocenters. The van der Waals surface area contributed by atoms with E-state index in [9.17, 15) is 19.2 Å². The molecule has 9 nitrogen and oxygen atoms in total. The maximum absolute atomic E-state index is 14.1. The molecule has 2 aromatic rings. The molecule has 0 aliphatic carbocycles. The number of anilines is 1. The third kappa shape index (κ3) is 4.86. The van der Waals surface area contributed by atoms with Gasteiger partial charge in [0.2, 0.25) is 17.7 Å². The standard InChI is InChI=1S/C29H33N5O4/c1-18(2)15-23(33(5)27(37)25(31-19(3)35)20-11-7-6-8-12-20)26(36)34-17-29(16-24(34)30-4)21-13-9-10-14-22(21)32-28(29)38/h6-14,18,23-25H,15-17H2,1-3,5H3,(H,31,35)(H,32,38)/t23-,24-,25-,29-/m0/s1. The molecule has 2 aromatic carbocycles. The number of nitrogens with zero attached hydrogens (tertiary/aromatic N) is 3. The fraction of sp³-hybridized carbons (Fsp3) is 0.414. The van der Waals surface area contributed by atoms with E-state index in [4.69, 9.17) is 6.57 Å². The van der Waals surface area contributed by atoms with Crippen LogP contribution in [-0.2, 0) is 24.6 Å². The summed E-state index contributed by atoms with van der Waals surface area (Å²) >= 11 is 0. The molecule has 2 N–H and O–H groups in total. The van der Waals surface area contributed by atoms with Crippen molar-refractivity contribution in [2.45, 2.75) is 57.3 Å². The minimum atomic E-state index is -1.00. The maximum Gasteiger partial charge on any atom is 0.302 e. The van der Waals surface area contributed by atoms with Crippen LogP contribution in [0.25, 0.3) is 4.85 Å². The highest BCUT2D eigenvalue weighted by Crippen LogP contribution is 2.47. The van der Waals surface area contributed by atoms with Crippen LogP contribution >= 0.6 is 0 Å². The number of rotatable bonds is 7. The second kappa shape index (κ2) is 10.7. The Kier molecular flexibility index (Phi) is 7.53. The van der Waals surface area contributed by atoms with Gasteiger partial charge in [-0.3, -0.25) is 28.9 Å². The average Bonchev–Trinajstić information content (AvgIpc) is 3.43. The van der Waals surface area contributed by atoms with Gasteiger partial charge in [-0.25, -0.2) is 6.57 Å². The number of para-hydroxylation sites is 1. The maximum atomic E-state index is 14.1. The van der Waals surface area contributed by atoms with Gasteiger partial charge in [-0.1, -0.05) is 62.4 Å². The number of carbonyl (C=O) groups is 4. The molecule has 2 aliphatic rings. The molecule has 0 unspecified atom stereocenters. The van der Waals surface area contributed by atoms with Crippen LogP contribution in [0.2, 0.25) is 0 Å². The molecule has 1 saturated heterocycles. The van der Waals surface area contributed by atoms with E-state index < -0.39 is 29.6 Å². The predicted molar refractivity (Wildman–Crippen MR) is 142 cm³/mol. The van der Waals surface area contributed by atoms with Crippen molar-refractivity contribution in [3.05, 3.63) is 77.1 Å². The normalized spacial score (nSPS) is 21.4. The molecule has 1 fully saturated rings. The van der Waals surface area contributed by atoms with Gasteiger partial charge in [0.1, 0.15) is 17.5 Å². The molecule has 9 heteroatoms. The van der Waals surface area contributed by atoms with Crippen LogP contribution in [0, 0.1) is 12.5 Å². The first kappa shape index (κ1) is 26.9. The van der Waals surface area contributed by atoms with E-state index in [1.54, 1.807) is 31.3 Å². The van der Waals surface area contributed by atoms with Crippen LogP contribution in [0.15, 0.2) is 54.6 Å². The molecule has 0 saturated carbocycles. The molecule has 4 rings (SSSR count). The summed E-state index contributed by atoms with van der Waals surface area (Å²) in [6.45, 7) is 13.1. The quantitative estimate of drug-likeness (QED) is 0.553. The Morgan fingerprint density at radius 2 is 1.82 bits per heavy atom. The van der Waals surface area contributed by atoms with Gasteiger partial charge < -0.3 is 15.5 Å². The fourth-order valence-electron chi connectivity index (χ4n) is 5.51. The monoisotopic (exact) mass is 515 g/mol. The van der Waals surface area contributed by atoms with Crippen molar-refractivity contribution in [3.63, 3.8) is 0 Å². The molecule has 38 heavy (non-hydrogen) atoms. The Morgan fingerprint density at radius 3 is 2.45 bits per heavy atom. The fourth-order valence-corrected chi connectivity index (χ4v) is 5.51. The molecule has 2 heterocycles. The lowest BCUT2D eigenvalue weighted by Crippen LogP contribution is -2.53. The van der Waals surface area contributed by atoms with Gasteiger partial charge in [-0.15, -0.1) is 0 Å². The Morgan fingerprint density at radius 1 is 1.16 bits per heavy atom. The van der Waals surface area contributed by atoms with Crippen molar-refractivity contribution in [2.75, 3.05) is 18.9 Å². The summed E-state index contributed by atoms with van der Waals surface area (Å²) in [6, 6.07) is 14.4. The molecule has 0 radical (unpaired) electrons. The summed E-state index contributed by atoms with van der Waals surface area (Å²) in [5.41, 5.74) is 1.08. The van der Waals surface area contributed by atoms with E-state index in [1.165, 1.54) is 16.7 Å². The summed E-state index contributed by atoms with van der Waals surface area (Å²) in [5, 5.41) is 5.62. The van der Waals surface area contributed by atoms with Gasteiger partial charge in [0, 0.05) is 26.2 Å². The zero-order valence-electron chi connectivity index (χ0n) is 22.1. The van der Waals surface area contributed by atoms with E-state index in [2.05, 4.69) is 15.5 Å². The lowest BCUT2D eigenvalue weighted by atomic mass is 9.80. The van der Waals surface area contributed by atoms with Crippen molar-refractivity contribution in [3.8, 4) is 0 Å². The molecule has 0 bridgehead atoms. The zero-order chi connectivity index (χ0) is 27.6. The number of likely N-dealkylation sites (N-methyl/N-ethyl adjacent to an activating group) is 1. The number of carbonyl (C=O) groups excluding carboxylic acids is 4. The van der Waals surface area contributed by atoms with Crippen LogP contribution in [0.4, 0.5) is 5.69 Å². The first-order valence-electron chi connectivity index (χ1n) is 12.8. The van der Waals surface area contributed by atoms with E-state index in [-0.39, 0.29) is 36.6 Å². The van der Waals surface area contributed by atoms with Crippen LogP contribution in [0.1, 0.15) is 50.8 Å². The van der Waals surface area contributed by atoms with Crippen LogP contribution in [-0.4, -0.2) is 59.2 Å². The molecular weight excluding hydrogens is 482 g/mol. The minimum Gasteiger partial charge on any atom is -0.341 e. The number of hydrogen-bond acceptors (Lipinski definition) is 4.